The van der Waals surface area contributed by atoms with Crippen molar-refractivity contribution in [2.75, 3.05) is 20.3 Å². The molecule has 1 atom stereocenters. The summed E-state index contributed by atoms with van der Waals surface area (Å²) in [5, 5.41) is 0. The van der Waals surface area contributed by atoms with E-state index in [1.807, 2.05) is 54.6 Å². The van der Waals surface area contributed by atoms with Gasteiger partial charge in [0, 0.05) is 19.1 Å². The highest BCUT2D eigenvalue weighted by atomic mass is 16.5. The molecule has 0 aromatic heterocycles. The molecule has 2 aromatic rings. The Hall–Kier alpha value is -2.46. The van der Waals surface area contributed by atoms with Crippen LogP contribution in [0.25, 0.3) is 11.1 Å². The fourth-order valence-electron chi connectivity index (χ4n) is 2.94. The van der Waals surface area contributed by atoms with Gasteiger partial charge in [0.15, 0.2) is 5.78 Å². The summed E-state index contributed by atoms with van der Waals surface area (Å²) in [6.45, 7) is 0.562. The predicted octanol–water partition coefficient (Wildman–Crippen LogP) is 2.78. The third-order valence-electron chi connectivity index (χ3n) is 4.11. The number of Topliss-reactive ketones (excluding diaryl/α,β-unsaturated/α-hetero) is 1. The van der Waals surface area contributed by atoms with Crippen molar-refractivity contribution in [2.24, 2.45) is 0 Å². The number of hydrogen-bond acceptors (Lipinski definition) is 3. The molecule has 4 nitrogen and oxygen atoms in total. The maximum atomic E-state index is 12.6. The number of ether oxygens (including phenoxy) is 1. The van der Waals surface area contributed by atoms with Crippen molar-refractivity contribution in [3.8, 4) is 11.1 Å². The van der Waals surface area contributed by atoms with E-state index in [4.69, 9.17) is 4.74 Å². The molecule has 2 aromatic carbocycles. The summed E-state index contributed by atoms with van der Waals surface area (Å²) in [6, 6.07) is 17.4. The Morgan fingerprint density at radius 2 is 1.74 bits per heavy atom. The standard InChI is InChI=1S/C19H19NO3/c1-23-13-17-11-18(21)12-20(17)19(22)16-9-7-15(8-10-16)14-5-3-2-4-6-14/h2-10,17H,11-13H2,1H3. The normalized spacial score (nSPS) is 17.5. The number of likely N-dealkylation sites (tertiary alicyclic amines) is 1. The monoisotopic (exact) mass is 309 g/mol. The summed E-state index contributed by atoms with van der Waals surface area (Å²) in [5.74, 6) is -0.0289. The van der Waals surface area contributed by atoms with Gasteiger partial charge in [-0.1, -0.05) is 42.5 Å². The zero-order valence-corrected chi connectivity index (χ0v) is 13.1. The average molecular weight is 309 g/mol. The number of ketones is 1. The van der Waals surface area contributed by atoms with Gasteiger partial charge in [-0.15, -0.1) is 0 Å². The van der Waals surface area contributed by atoms with Crippen LogP contribution >= 0.6 is 0 Å². The van der Waals surface area contributed by atoms with Crippen molar-refractivity contribution in [2.45, 2.75) is 12.5 Å². The summed E-state index contributed by atoms with van der Waals surface area (Å²) in [7, 11) is 1.58. The van der Waals surface area contributed by atoms with Gasteiger partial charge in [0.1, 0.15) is 0 Å². The van der Waals surface area contributed by atoms with Gasteiger partial charge in [0.25, 0.3) is 5.91 Å². The largest absolute Gasteiger partial charge is 0.383 e. The van der Waals surface area contributed by atoms with Gasteiger partial charge in [-0.3, -0.25) is 9.59 Å². The molecule has 0 saturated carbocycles. The van der Waals surface area contributed by atoms with Crippen LogP contribution in [-0.2, 0) is 9.53 Å². The van der Waals surface area contributed by atoms with Gasteiger partial charge >= 0.3 is 0 Å². The van der Waals surface area contributed by atoms with Gasteiger partial charge in [-0.25, -0.2) is 0 Å². The maximum absolute atomic E-state index is 12.6. The van der Waals surface area contributed by atoms with E-state index in [0.717, 1.165) is 11.1 Å². The van der Waals surface area contributed by atoms with Gasteiger partial charge in [0.2, 0.25) is 0 Å². The quantitative estimate of drug-likeness (QED) is 0.872. The molecule has 0 radical (unpaired) electrons. The SMILES string of the molecule is COCC1CC(=O)CN1C(=O)c1ccc(-c2ccccc2)cc1. The van der Waals surface area contributed by atoms with E-state index in [1.165, 1.54) is 0 Å². The summed E-state index contributed by atoms with van der Waals surface area (Å²) >= 11 is 0. The Morgan fingerprint density at radius 1 is 1.09 bits per heavy atom. The number of benzene rings is 2. The van der Waals surface area contributed by atoms with E-state index in [-0.39, 0.29) is 24.3 Å². The van der Waals surface area contributed by atoms with Crippen LogP contribution in [-0.4, -0.2) is 42.9 Å². The third kappa shape index (κ3) is 3.32. The van der Waals surface area contributed by atoms with E-state index < -0.39 is 0 Å². The minimum absolute atomic E-state index is 0.0845. The first-order valence-corrected chi connectivity index (χ1v) is 7.66. The molecule has 0 spiro atoms. The lowest BCUT2D eigenvalue weighted by Gasteiger charge is -2.23. The van der Waals surface area contributed by atoms with Crippen LogP contribution in [0.4, 0.5) is 0 Å². The van der Waals surface area contributed by atoms with Crippen LogP contribution in [0.1, 0.15) is 16.8 Å². The van der Waals surface area contributed by atoms with Crippen LogP contribution in [0.5, 0.6) is 0 Å². The van der Waals surface area contributed by atoms with E-state index in [1.54, 1.807) is 12.0 Å². The fraction of sp³-hybridized carbons (Fsp3) is 0.263. The molecule has 23 heavy (non-hydrogen) atoms. The predicted molar refractivity (Wildman–Crippen MR) is 88.2 cm³/mol. The third-order valence-corrected chi connectivity index (χ3v) is 4.11. The van der Waals surface area contributed by atoms with Gasteiger partial charge in [0.05, 0.1) is 19.2 Å². The second kappa shape index (κ2) is 6.75. The number of nitrogens with zero attached hydrogens (tertiary/aromatic N) is 1. The Bertz CT molecular complexity index is 694. The molecule has 1 heterocycles. The molecule has 118 valence electrons. The summed E-state index contributed by atoms with van der Waals surface area (Å²) in [4.78, 5) is 25.9. The minimum atomic E-state index is -0.159. The molecule has 3 rings (SSSR count). The molecule has 1 unspecified atom stereocenters. The number of carbonyl (C=O) groups is 2. The fourth-order valence-corrected chi connectivity index (χ4v) is 2.94. The highest BCUT2D eigenvalue weighted by Crippen LogP contribution is 2.22. The molecule has 1 aliphatic heterocycles. The lowest BCUT2D eigenvalue weighted by molar-refractivity contribution is -0.116. The molecular formula is C19H19NO3. The van der Waals surface area contributed by atoms with Crippen molar-refractivity contribution in [1.82, 2.24) is 4.90 Å². The minimum Gasteiger partial charge on any atom is -0.383 e. The molecule has 4 heteroatoms. The van der Waals surface area contributed by atoms with Crippen LogP contribution in [0.3, 0.4) is 0 Å². The van der Waals surface area contributed by atoms with E-state index >= 15 is 0 Å². The number of methoxy groups -OCH3 is 1. The zero-order chi connectivity index (χ0) is 16.2. The van der Waals surface area contributed by atoms with E-state index in [9.17, 15) is 9.59 Å². The van der Waals surface area contributed by atoms with Crippen molar-refractivity contribution < 1.29 is 14.3 Å². The smallest absolute Gasteiger partial charge is 0.254 e. The van der Waals surface area contributed by atoms with Crippen LogP contribution in [0, 0.1) is 0 Å². The highest BCUT2D eigenvalue weighted by molar-refractivity contribution is 5.99. The van der Waals surface area contributed by atoms with Crippen molar-refractivity contribution in [1.29, 1.82) is 0 Å². The Labute approximate surface area is 135 Å². The summed E-state index contributed by atoms with van der Waals surface area (Å²) in [6.07, 6.45) is 0.377. The first kappa shape index (κ1) is 15.4. The Morgan fingerprint density at radius 3 is 2.39 bits per heavy atom. The second-order valence-corrected chi connectivity index (χ2v) is 5.73. The van der Waals surface area contributed by atoms with Crippen molar-refractivity contribution in [3.63, 3.8) is 0 Å². The second-order valence-electron chi connectivity index (χ2n) is 5.73. The molecule has 1 amide bonds. The number of carbonyl (C=O) groups excluding carboxylic acids is 2. The highest BCUT2D eigenvalue weighted by Gasteiger charge is 2.34. The van der Waals surface area contributed by atoms with E-state index in [2.05, 4.69) is 0 Å². The molecule has 0 bridgehead atoms. The first-order chi connectivity index (χ1) is 11.2. The van der Waals surface area contributed by atoms with Crippen LogP contribution in [0.15, 0.2) is 54.6 Å². The van der Waals surface area contributed by atoms with Gasteiger partial charge < -0.3 is 9.64 Å². The zero-order valence-electron chi connectivity index (χ0n) is 13.1. The Kier molecular flexibility index (Phi) is 4.53. The molecule has 1 saturated heterocycles. The molecule has 1 fully saturated rings. The summed E-state index contributed by atoms with van der Waals surface area (Å²) < 4.78 is 5.12. The first-order valence-electron chi connectivity index (χ1n) is 7.66. The van der Waals surface area contributed by atoms with Crippen LogP contribution in [0.2, 0.25) is 0 Å². The molecule has 0 N–H and O–H groups in total. The number of hydrogen-bond donors (Lipinski definition) is 0. The van der Waals surface area contributed by atoms with Crippen molar-refractivity contribution >= 4 is 11.7 Å². The van der Waals surface area contributed by atoms with Gasteiger partial charge in [-0.05, 0) is 23.3 Å². The van der Waals surface area contributed by atoms with Crippen LogP contribution < -0.4 is 0 Å². The average Bonchev–Trinajstić information content (AvgIpc) is 2.96. The Balaban J connectivity index is 1.79. The number of rotatable bonds is 4. The molecule has 1 aliphatic rings. The molecule has 0 aliphatic carbocycles. The lowest BCUT2D eigenvalue weighted by Crippen LogP contribution is -2.38. The molecular weight excluding hydrogens is 290 g/mol. The lowest BCUT2D eigenvalue weighted by atomic mass is 10.0. The van der Waals surface area contributed by atoms with Gasteiger partial charge in [-0.2, -0.15) is 0 Å². The van der Waals surface area contributed by atoms with E-state index in [0.29, 0.717) is 18.6 Å². The maximum Gasteiger partial charge on any atom is 0.254 e. The van der Waals surface area contributed by atoms with Crippen molar-refractivity contribution in [3.05, 3.63) is 60.2 Å². The topological polar surface area (TPSA) is 46.6 Å². The summed E-state index contributed by atoms with van der Waals surface area (Å²) in [5.41, 5.74) is 2.77. The number of amides is 1.